The highest BCUT2D eigenvalue weighted by Crippen LogP contribution is 2.27. The Hall–Kier alpha value is -1.62. The van der Waals surface area contributed by atoms with Crippen molar-refractivity contribution in [3.63, 3.8) is 0 Å². The first-order chi connectivity index (χ1) is 11.9. The third-order valence-electron chi connectivity index (χ3n) is 5.24. The van der Waals surface area contributed by atoms with E-state index in [0.29, 0.717) is 11.6 Å². The maximum Gasteiger partial charge on any atom is 0.178 e. The van der Waals surface area contributed by atoms with Gasteiger partial charge in [0.2, 0.25) is 0 Å². The predicted octanol–water partition coefficient (Wildman–Crippen LogP) is 3.70. The number of carbonyl (C=O) groups excluding carboxylic acids is 1. The molecule has 1 fully saturated rings. The molecule has 0 unspecified atom stereocenters. The number of piperidine rings is 1. The first kappa shape index (κ1) is 18.2. The Balaban J connectivity index is 1.88. The van der Waals surface area contributed by atoms with Crippen LogP contribution in [0.1, 0.15) is 40.2 Å². The number of nitrogens with zero attached hydrogens (tertiary/aromatic N) is 2. The number of rotatable bonds is 4. The molecule has 1 saturated heterocycles. The summed E-state index contributed by atoms with van der Waals surface area (Å²) in [6.07, 6.45) is 1.27. The summed E-state index contributed by atoms with van der Waals surface area (Å²) in [6.45, 7) is 8.04. The van der Waals surface area contributed by atoms with E-state index in [9.17, 15) is 9.90 Å². The Kier molecular flexibility index (Phi) is 5.32. The molecule has 2 aromatic rings. The number of benzene rings is 1. The molecule has 25 heavy (non-hydrogen) atoms. The second kappa shape index (κ2) is 7.32. The van der Waals surface area contributed by atoms with E-state index in [-0.39, 0.29) is 11.9 Å². The fourth-order valence-electron chi connectivity index (χ4n) is 3.73. The molecule has 1 N–H and O–H groups in total. The van der Waals surface area contributed by atoms with Gasteiger partial charge in [0.1, 0.15) is 0 Å². The molecule has 1 aliphatic rings. The first-order valence-electron chi connectivity index (χ1n) is 8.76. The van der Waals surface area contributed by atoms with Crippen LogP contribution in [0.4, 0.5) is 0 Å². The molecule has 1 aliphatic heterocycles. The summed E-state index contributed by atoms with van der Waals surface area (Å²) in [5.41, 5.74) is 4.92. The minimum atomic E-state index is -0.219. The van der Waals surface area contributed by atoms with E-state index in [2.05, 4.69) is 9.47 Å². The minimum absolute atomic E-state index is 0.155. The monoisotopic (exact) mass is 360 g/mol. The first-order valence-corrected chi connectivity index (χ1v) is 9.14. The highest BCUT2D eigenvalue weighted by atomic mass is 35.5. The number of aliphatic hydroxyl groups is 1. The third-order valence-corrected chi connectivity index (χ3v) is 5.49. The third kappa shape index (κ3) is 3.66. The fourth-order valence-corrected chi connectivity index (χ4v) is 3.86. The molecule has 2 heterocycles. The lowest BCUT2D eigenvalue weighted by Crippen LogP contribution is -2.39. The maximum atomic E-state index is 12.9. The summed E-state index contributed by atoms with van der Waals surface area (Å²) in [6, 6.07) is 7.68. The van der Waals surface area contributed by atoms with Crippen LogP contribution < -0.4 is 0 Å². The number of carbonyl (C=O) groups is 1. The highest BCUT2D eigenvalue weighted by molar-refractivity contribution is 6.30. The van der Waals surface area contributed by atoms with Crippen LogP contribution in [-0.2, 0) is 0 Å². The van der Waals surface area contributed by atoms with Crippen LogP contribution in [0.25, 0.3) is 5.69 Å². The van der Waals surface area contributed by atoms with Crippen molar-refractivity contribution in [3.8, 4) is 5.69 Å². The maximum absolute atomic E-state index is 12.9. The van der Waals surface area contributed by atoms with Gasteiger partial charge in [-0.1, -0.05) is 11.6 Å². The molecule has 5 heteroatoms. The van der Waals surface area contributed by atoms with E-state index in [1.54, 1.807) is 0 Å². The summed E-state index contributed by atoms with van der Waals surface area (Å²) < 4.78 is 2.12. The van der Waals surface area contributed by atoms with Crippen LogP contribution in [0.15, 0.2) is 24.3 Å². The molecule has 0 atom stereocenters. The standard InChI is InChI=1S/C20H25ClN2O2/c1-13-14(2)23(17-6-4-16(21)5-7-17)15(3)20(13)19(25)12-22-10-8-18(24)9-11-22/h4-7,18,24H,8-12H2,1-3H3. The second-order valence-corrected chi connectivity index (χ2v) is 7.35. The Bertz CT molecular complexity index is 772. The summed E-state index contributed by atoms with van der Waals surface area (Å²) in [5.74, 6) is 0.155. The van der Waals surface area contributed by atoms with Gasteiger partial charge in [-0.2, -0.15) is 0 Å². The lowest BCUT2D eigenvalue weighted by Gasteiger charge is -2.28. The lowest BCUT2D eigenvalue weighted by atomic mass is 10.0. The van der Waals surface area contributed by atoms with Crippen LogP contribution in [-0.4, -0.2) is 46.1 Å². The topological polar surface area (TPSA) is 45.5 Å². The van der Waals surface area contributed by atoms with Crippen molar-refractivity contribution in [2.24, 2.45) is 0 Å². The molecule has 0 aliphatic carbocycles. The quantitative estimate of drug-likeness (QED) is 0.846. The number of hydrogen-bond donors (Lipinski definition) is 1. The Morgan fingerprint density at radius 3 is 2.32 bits per heavy atom. The zero-order valence-corrected chi connectivity index (χ0v) is 15.8. The lowest BCUT2D eigenvalue weighted by molar-refractivity contribution is 0.0710. The van der Waals surface area contributed by atoms with Gasteiger partial charge in [0.15, 0.2) is 5.78 Å². The van der Waals surface area contributed by atoms with Gasteiger partial charge in [-0.25, -0.2) is 0 Å². The molecule has 0 saturated carbocycles. The molecule has 0 radical (unpaired) electrons. The van der Waals surface area contributed by atoms with Crippen molar-refractivity contribution < 1.29 is 9.90 Å². The molecule has 4 nitrogen and oxygen atoms in total. The minimum Gasteiger partial charge on any atom is -0.393 e. The molecular formula is C20H25ClN2O2. The van der Waals surface area contributed by atoms with Crippen molar-refractivity contribution in [1.82, 2.24) is 9.47 Å². The van der Waals surface area contributed by atoms with E-state index >= 15 is 0 Å². The zero-order chi connectivity index (χ0) is 18.1. The van der Waals surface area contributed by atoms with Crippen molar-refractivity contribution in [3.05, 3.63) is 51.8 Å². The van der Waals surface area contributed by atoms with Crippen molar-refractivity contribution >= 4 is 17.4 Å². The molecule has 3 rings (SSSR count). The summed E-state index contributed by atoms with van der Waals surface area (Å²) in [4.78, 5) is 15.1. The summed E-state index contributed by atoms with van der Waals surface area (Å²) >= 11 is 6.00. The van der Waals surface area contributed by atoms with Gasteiger partial charge in [0, 0.05) is 40.8 Å². The van der Waals surface area contributed by atoms with Gasteiger partial charge in [0.05, 0.1) is 12.6 Å². The number of likely N-dealkylation sites (tertiary alicyclic amines) is 1. The molecular weight excluding hydrogens is 336 g/mol. The number of aromatic nitrogens is 1. The number of halogens is 1. The molecule has 1 aromatic heterocycles. The smallest absolute Gasteiger partial charge is 0.178 e. The number of Topliss-reactive ketones (excluding diaryl/α,β-unsaturated/α-hetero) is 1. The Morgan fingerprint density at radius 2 is 1.72 bits per heavy atom. The van der Waals surface area contributed by atoms with Gasteiger partial charge in [-0.05, 0) is 63.4 Å². The highest BCUT2D eigenvalue weighted by Gasteiger charge is 2.24. The molecule has 0 bridgehead atoms. The van der Waals surface area contributed by atoms with Gasteiger partial charge in [-0.15, -0.1) is 0 Å². The van der Waals surface area contributed by atoms with Crippen LogP contribution >= 0.6 is 11.6 Å². The van der Waals surface area contributed by atoms with E-state index in [0.717, 1.165) is 54.1 Å². The van der Waals surface area contributed by atoms with Crippen molar-refractivity contribution in [2.75, 3.05) is 19.6 Å². The van der Waals surface area contributed by atoms with Crippen molar-refractivity contribution in [1.29, 1.82) is 0 Å². The summed E-state index contributed by atoms with van der Waals surface area (Å²) in [7, 11) is 0. The van der Waals surface area contributed by atoms with Crippen LogP contribution in [0, 0.1) is 20.8 Å². The summed E-state index contributed by atoms with van der Waals surface area (Å²) in [5, 5.41) is 10.3. The van der Waals surface area contributed by atoms with E-state index < -0.39 is 0 Å². The van der Waals surface area contributed by atoms with Crippen LogP contribution in [0.5, 0.6) is 0 Å². The number of ketones is 1. The fraction of sp³-hybridized carbons (Fsp3) is 0.450. The van der Waals surface area contributed by atoms with E-state index in [1.807, 2.05) is 45.0 Å². The number of hydrogen-bond acceptors (Lipinski definition) is 3. The van der Waals surface area contributed by atoms with Crippen LogP contribution in [0.3, 0.4) is 0 Å². The van der Waals surface area contributed by atoms with Gasteiger partial charge in [-0.3, -0.25) is 9.69 Å². The number of aliphatic hydroxyl groups excluding tert-OH is 1. The molecule has 0 spiro atoms. The Labute approximate surface area is 154 Å². The predicted molar refractivity (Wildman–Crippen MR) is 101 cm³/mol. The SMILES string of the molecule is Cc1c(C(=O)CN2CCC(O)CC2)c(C)n(-c2ccc(Cl)cc2)c1C. The van der Waals surface area contributed by atoms with Gasteiger partial charge < -0.3 is 9.67 Å². The average molecular weight is 361 g/mol. The van der Waals surface area contributed by atoms with E-state index in [1.165, 1.54) is 0 Å². The van der Waals surface area contributed by atoms with Crippen molar-refractivity contribution in [2.45, 2.75) is 39.7 Å². The van der Waals surface area contributed by atoms with Gasteiger partial charge >= 0.3 is 0 Å². The van der Waals surface area contributed by atoms with Crippen LogP contribution in [0.2, 0.25) is 5.02 Å². The normalized spacial score (nSPS) is 16.4. The zero-order valence-electron chi connectivity index (χ0n) is 15.1. The van der Waals surface area contributed by atoms with E-state index in [4.69, 9.17) is 11.6 Å². The molecule has 134 valence electrons. The molecule has 1 aromatic carbocycles. The molecule has 0 amide bonds. The second-order valence-electron chi connectivity index (χ2n) is 6.91. The van der Waals surface area contributed by atoms with Gasteiger partial charge in [0.25, 0.3) is 0 Å². The Morgan fingerprint density at radius 1 is 1.12 bits per heavy atom. The largest absolute Gasteiger partial charge is 0.393 e. The average Bonchev–Trinajstić information content (AvgIpc) is 2.80.